The number of rotatable bonds is 7. The van der Waals surface area contributed by atoms with Gasteiger partial charge in [-0.25, -0.2) is 5.48 Å². The van der Waals surface area contributed by atoms with Gasteiger partial charge in [-0.05, 0) is 23.3 Å². The highest BCUT2D eigenvalue weighted by Crippen LogP contribution is 2.29. The molecule has 1 fully saturated rings. The molecule has 3 aromatic rings. The summed E-state index contributed by atoms with van der Waals surface area (Å²) in [6, 6.07) is 13.8. The van der Waals surface area contributed by atoms with Crippen molar-refractivity contribution in [3.8, 4) is 5.75 Å². The number of ether oxygens (including phenoxy) is 1. The number of piperazine rings is 1. The van der Waals surface area contributed by atoms with Crippen LogP contribution in [0.2, 0.25) is 0 Å². The van der Waals surface area contributed by atoms with Crippen LogP contribution in [0.5, 0.6) is 5.75 Å². The Morgan fingerprint density at radius 1 is 1.03 bits per heavy atom. The molecular formula is C24H27N5O4. The molecule has 2 aromatic heterocycles. The number of carbonyl (C=O) groups excluding carboxylic acids is 2. The predicted molar refractivity (Wildman–Crippen MR) is 121 cm³/mol. The number of carbonyl (C=O) groups is 2. The van der Waals surface area contributed by atoms with Gasteiger partial charge in [-0.15, -0.1) is 0 Å². The quantitative estimate of drug-likeness (QED) is 0.423. The molecule has 9 nitrogen and oxygen atoms in total. The summed E-state index contributed by atoms with van der Waals surface area (Å²) in [7, 11) is 1.64. The van der Waals surface area contributed by atoms with E-state index in [0.29, 0.717) is 18.7 Å². The molecule has 172 valence electrons. The second-order valence-corrected chi connectivity index (χ2v) is 7.97. The Hall–Kier alpha value is -3.69. The zero-order chi connectivity index (χ0) is 23.2. The molecule has 1 saturated heterocycles. The van der Waals surface area contributed by atoms with Gasteiger partial charge in [0.05, 0.1) is 0 Å². The maximum atomic E-state index is 13.4. The van der Waals surface area contributed by atoms with Crippen molar-refractivity contribution in [1.82, 2.24) is 24.8 Å². The lowest BCUT2D eigenvalue weighted by atomic mass is 10.1. The average molecular weight is 450 g/mol. The van der Waals surface area contributed by atoms with Crippen LogP contribution in [-0.2, 0) is 20.2 Å². The highest BCUT2D eigenvalue weighted by Gasteiger charge is 2.30. The lowest BCUT2D eigenvalue weighted by molar-refractivity contribution is 0.0624. The van der Waals surface area contributed by atoms with Crippen molar-refractivity contribution in [3.05, 3.63) is 83.4 Å². The summed E-state index contributed by atoms with van der Waals surface area (Å²) in [5, 5.41) is 9.19. The molecule has 0 saturated carbocycles. The van der Waals surface area contributed by atoms with Gasteiger partial charge in [-0.2, -0.15) is 0 Å². The van der Waals surface area contributed by atoms with E-state index in [1.165, 1.54) is 10.1 Å². The predicted octanol–water partition coefficient (Wildman–Crippen LogP) is 2.08. The Morgan fingerprint density at radius 3 is 2.39 bits per heavy atom. The van der Waals surface area contributed by atoms with E-state index in [4.69, 9.17) is 4.74 Å². The number of aromatic nitrogens is 2. The largest absolute Gasteiger partial charge is 0.486 e. The number of hydroxylamine groups is 1. The fourth-order valence-electron chi connectivity index (χ4n) is 3.97. The maximum absolute atomic E-state index is 13.4. The monoisotopic (exact) mass is 449 g/mol. The van der Waals surface area contributed by atoms with Gasteiger partial charge in [0.1, 0.15) is 12.2 Å². The third-order valence-electron chi connectivity index (χ3n) is 5.72. The molecule has 0 aliphatic carbocycles. The van der Waals surface area contributed by atoms with Crippen molar-refractivity contribution in [3.63, 3.8) is 0 Å². The molecule has 9 heteroatoms. The van der Waals surface area contributed by atoms with Gasteiger partial charge >= 0.3 is 0 Å². The van der Waals surface area contributed by atoms with Crippen molar-refractivity contribution in [2.75, 3.05) is 26.2 Å². The molecule has 4 rings (SSSR count). The second-order valence-electron chi connectivity index (χ2n) is 7.97. The average Bonchev–Trinajstić information content (AvgIpc) is 3.19. The zero-order valence-electron chi connectivity index (χ0n) is 18.5. The molecule has 1 aliphatic heterocycles. The summed E-state index contributed by atoms with van der Waals surface area (Å²) in [4.78, 5) is 33.7. The summed E-state index contributed by atoms with van der Waals surface area (Å²) in [6.45, 7) is 3.66. The molecule has 3 heterocycles. The van der Waals surface area contributed by atoms with E-state index >= 15 is 0 Å². The fourth-order valence-corrected chi connectivity index (χ4v) is 3.97. The van der Waals surface area contributed by atoms with Crippen molar-refractivity contribution in [2.45, 2.75) is 13.2 Å². The molecule has 0 bridgehead atoms. The molecule has 0 radical (unpaired) electrons. The number of amides is 2. The number of benzene rings is 1. The van der Waals surface area contributed by atoms with Gasteiger partial charge in [0.15, 0.2) is 11.4 Å². The molecule has 2 amide bonds. The maximum Gasteiger partial charge on any atom is 0.295 e. The summed E-state index contributed by atoms with van der Waals surface area (Å²) in [5.74, 6) is -0.793. The Labute approximate surface area is 192 Å². The number of aryl methyl sites for hydroxylation is 1. The first kappa shape index (κ1) is 22.5. The van der Waals surface area contributed by atoms with E-state index in [2.05, 4.69) is 22.0 Å². The number of hydrogen-bond acceptors (Lipinski definition) is 6. The number of nitrogens with zero attached hydrogens (tertiary/aromatic N) is 4. The standard InChI is InChI=1S/C24H27N5O4/c1-27-16-20(22(21(27)23(30)26-32)33-17-19-7-9-25-10-8-19)24(31)29-13-11-28(12-14-29)15-18-5-3-2-4-6-18/h2-10,16,32H,11-15,17H2,1H3,(H,26,30). The van der Waals surface area contributed by atoms with E-state index in [1.54, 1.807) is 48.2 Å². The van der Waals surface area contributed by atoms with Gasteiger partial charge in [-0.1, -0.05) is 30.3 Å². The molecule has 0 atom stereocenters. The van der Waals surface area contributed by atoms with Crippen molar-refractivity contribution in [2.24, 2.45) is 7.05 Å². The van der Waals surface area contributed by atoms with Crippen LogP contribution in [0.15, 0.2) is 61.1 Å². The first-order valence-electron chi connectivity index (χ1n) is 10.8. The Balaban J connectivity index is 1.49. The van der Waals surface area contributed by atoms with Crippen molar-refractivity contribution < 1.29 is 19.5 Å². The third kappa shape index (κ3) is 5.21. The van der Waals surface area contributed by atoms with Crippen LogP contribution in [0.25, 0.3) is 0 Å². The number of hydrogen-bond donors (Lipinski definition) is 2. The number of nitrogens with one attached hydrogen (secondary N) is 1. The number of pyridine rings is 1. The minimum Gasteiger partial charge on any atom is -0.486 e. The van der Waals surface area contributed by atoms with Crippen LogP contribution < -0.4 is 10.2 Å². The highest BCUT2D eigenvalue weighted by molar-refractivity contribution is 6.03. The van der Waals surface area contributed by atoms with E-state index in [1.807, 2.05) is 18.2 Å². The van der Waals surface area contributed by atoms with Gasteiger partial charge in [0, 0.05) is 58.4 Å². The van der Waals surface area contributed by atoms with E-state index in [-0.39, 0.29) is 24.0 Å². The normalized spacial score (nSPS) is 14.2. The molecule has 1 aliphatic rings. The van der Waals surface area contributed by atoms with Crippen LogP contribution in [0.1, 0.15) is 32.0 Å². The van der Waals surface area contributed by atoms with E-state index in [9.17, 15) is 14.8 Å². The molecule has 1 aromatic carbocycles. The molecular weight excluding hydrogens is 422 g/mol. The minimum atomic E-state index is -0.742. The van der Waals surface area contributed by atoms with Crippen molar-refractivity contribution >= 4 is 11.8 Å². The second kappa shape index (κ2) is 10.3. The molecule has 2 N–H and O–H groups in total. The summed E-state index contributed by atoms with van der Waals surface area (Å²) in [6.07, 6.45) is 4.86. The van der Waals surface area contributed by atoms with Gasteiger partial charge in [0.2, 0.25) is 0 Å². The zero-order valence-corrected chi connectivity index (χ0v) is 18.5. The minimum absolute atomic E-state index is 0.0811. The topological polar surface area (TPSA) is 99.9 Å². The Morgan fingerprint density at radius 2 is 1.73 bits per heavy atom. The highest BCUT2D eigenvalue weighted by atomic mass is 16.5. The Bertz CT molecular complexity index is 1090. The van der Waals surface area contributed by atoms with E-state index < -0.39 is 5.91 Å². The molecule has 0 unspecified atom stereocenters. The van der Waals surface area contributed by atoms with Crippen LogP contribution in [-0.4, -0.2) is 62.6 Å². The summed E-state index contributed by atoms with van der Waals surface area (Å²) < 4.78 is 7.42. The molecule has 33 heavy (non-hydrogen) atoms. The first-order chi connectivity index (χ1) is 16.1. The smallest absolute Gasteiger partial charge is 0.295 e. The van der Waals surface area contributed by atoms with Gasteiger partial charge < -0.3 is 14.2 Å². The third-order valence-corrected chi connectivity index (χ3v) is 5.72. The first-order valence-corrected chi connectivity index (χ1v) is 10.8. The fraction of sp³-hybridized carbons (Fsp3) is 0.292. The van der Waals surface area contributed by atoms with Crippen LogP contribution in [0.3, 0.4) is 0 Å². The van der Waals surface area contributed by atoms with E-state index in [0.717, 1.165) is 25.2 Å². The SMILES string of the molecule is Cn1cc(C(=O)N2CCN(Cc3ccccc3)CC2)c(OCc2ccncc2)c1C(=O)NO. The lowest BCUT2D eigenvalue weighted by Gasteiger charge is -2.34. The van der Waals surface area contributed by atoms with Gasteiger partial charge in [0.25, 0.3) is 11.8 Å². The molecule has 0 spiro atoms. The van der Waals surface area contributed by atoms with Crippen LogP contribution in [0.4, 0.5) is 0 Å². The lowest BCUT2D eigenvalue weighted by Crippen LogP contribution is -2.48. The van der Waals surface area contributed by atoms with Crippen LogP contribution in [0, 0.1) is 0 Å². The van der Waals surface area contributed by atoms with Crippen LogP contribution >= 0.6 is 0 Å². The van der Waals surface area contributed by atoms with Crippen molar-refractivity contribution in [1.29, 1.82) is 0 Å². The Kier molecular flexibility index (Phi) is 7.01. The van der Waals surface area contributed by atoms with Gasteiger partial charge in [-0.3, -0.25) is 24.7 Å². The summed E-state index contributed by atoms with van der Waals surface area (Å²) in [5.41, 5.74) is 4.10. The summed E-state index contributed by atoms with van der Waals surface area (Å²) >= 11 is 0.